The zero-order valence-electron chi connectivity index (χ0n) is 14.2. The second-order valence-corrected chi connectivity index (χ2v) is 5.85. The first-order valence-electron chi connectivity index (χ1n) is 7.95. The Balaban J connectivity index is 2.29. The highest BCUT2D eigenvalue weighted by Gasteiger charge is 2.40. The molecule has 1 heterocycles. The molecule has 140 valence electrons. The predicted octanol–water partition coefficient (Wildman–Crippen LogP) is 3.96. The highest BCUT2D eigenvalue weighted by molar-refractivity contribution is 5.92. The number of aromatic nitrogens is 2. The van der Waals surface area contributed by atoms with Gasteiger partial charge in [0.05, 0.1) is 11.9 Å². The highest BCUT2D eigenvalue weighted by Crippen LogP contribution is 2.33. The van der Waals surface area contributed by atoms with Crippen molar-refractivity contribution >= 4 is 17.6 Å². The summed E-state index contributed by atoms with van der Waals surface area (Å²) in [6, 6.07) is 5.53. The van der Waals surface area contributed by atoms with Crippen molar-refractivity contribution in [1.82, 2.24) is 9.78 Å². The van der Waals surface area contributed by atoms with Gasteiger partial charge in [-0.3, -0.25) is 4.79 Å². The van der Waals surface area contributed by atoms with Crippen LogP contribution in [0.2, 0.25) is 0 Å². The van der Waals surface area contributed by atoms with E-state index in [0.717, 1.165) is 12.8 Å². The van der Waals surface area contributed by atoms with Crippen molar-refractivity contribution in [2.45, 2.75) is 32.9 Å². The van der Waals surface area contributed by atoms with Crippen LogP contribution < -0.4 is 5.32 Å². The second-order valence-electron chi connectivity index (χ2n) is 5.85. The molecule has 0 saturated carbocycles. The Morgan fingerprint density at radius 2 is 1.88 bits per heavy atom. The van der Waals surface area contributed by atoms with E-state index in [-0.39, 0.29) is 17.5 Å². The molecule has 1 atom stereocenters. The van der Waals surface area contributed by atoms with Crippen LogP contribution in [-0.4, -0.2) is 26.8 Å². The molecule has 0 aliphatic heterocycles. The summed E-state index contributed by atoms with van der Waals surface area (Å²) >= 11 is 0. The van der Waals surface area contributed by atoms with Crippen molar-refractivity contribution in [3.63, 3.8) is 0 Å². The lowest BCUT2D eigenvalue weighted by Crippen LogP contribution is -2.20. The topological polar surface area (TPSA) is 84.2 Å². The number of carbonyl (C=O) groups excluding carboxylic acids is 1. The van der Waals surface area contributed by atoms with E-state index in [2.05, 4.69) is 10.4 Å². The van der Waals surface area contributed by atoms with E-state index < -0.39 is 23.4 Å². The van der Waals surface area contributed by atoms with Gasteiger partial charge in [0.2, 0.25) is 5.91 Å². The van der Waals surface area contributed by atoms with Gasteiger partial charge in [0.25, 0.3) is 0 Å². The number of carboxylic acids is 1. The first-order valence-corrected chi connectivity index (χ1v) is 7.95. The van der Waals surface area contributed by atoms with E-state index in [1.807, 2.05) is 6.92 Å². The van der Waals surface area contributed by atoms with Crippen LogP contribution in [0.4, 0.5) is 18.9 Å². The molecule has 2 N–H and O–H groups in total. The third-order valence-corrected chi connectivity index (χ3v) is 3.82. The summed E-state index contributed by atoms with van der Waals surface area (Å²) in [5, 5.41) is 15.2. The lowest BCUT2D eigenvalue weighted by atomic mass is 10.1. The largest absolute Gasteiger partial charge is 0.478 e. The quantitative estimate of drug-likeness (QED) is 0.807. The van der Waals surface area contributed by atoms with Gasteiger partial charge in [0, 0.05) is 11.6 Å². The molecule has 2 aromatic rings. The Bertz CT molecular complexity index is 798. The molecule has 0 aliphatic rings. The molecule has 0 radical (unpaired) electrons. The van der Waals surface area contributed by atoms with Gasteiger partial charge in [-0.15, -0.1) is 0 Å². The van der Waals surface area contributed by atoms with E-state index in [9.17, 15) is 22.8 Å². The smallest absolute Gasteiger partial charge is 0.434 e. The monoisotopic (exact) mass is 369 g/mol. The maximum atomic E-state index is 13.2. The number of anilines is 1. The van der Waals surface area contributed by atoms with Crippen molar-refractivity contribution in [2.24, 2.45) is 5.92 Å². The lowest BCUT2D eigenvalue weighted by Gasteiger charge is -2.13. The molecule has 6 nitrogen and oxygen atoms in total. The number of nitrogens with one attached hydrogen (secondary N) is 1. The third kappa shape index (κ3) is 4.22. The Hall–Kier alpha value is -2.84. The second kappa shape index (κ2) is 7.59. The summed E-state index contributed by atoms with van der Waals surface area (Å²) in [6.07, 6.45) is -2.64. The number of carbonyl (C=O) groups is 2. The Morgan fingerprint density at radius 1 is 1.27 bits per heavy atom. The van der Waals surface area contributed by atoms with Gasteiger partial charge in [-0.2, -0.15) is 18.3 Å². The third-order valence-electron chi connectivity index (χ3n) is 3.82. The van der Waals surface area contributed by atoms with Gasteiger partial charge in [-0.05, 0) is 30.7 Å². The average Bonchev–Trinajstić information content (AvgIpc) is 3.01. The molecule has 0 fully saturated rings. The zero-order chi connectivity index (χ0) is 19.5. The van der Waals surface area contributed by atoms with Crippen molar-refractivity contribution in [3.05, 3.63) is 41.7 Å². The minimum absolute atomic E-state index is 0.0319. The SMILES string of the molecule is CCCC(C)C(=O)Nc1ccc(-n2ncc(C(=O)O)c2C(F)(F)F)cc1. The molecule has 26 heavy (non-hydrogen) atoms. The Kier molecular flexibility index (Phi) is 5.69. The fourth-order valence-electron chi connectivity index (χ4n) is 2.49. The molecule has 1 unspecified atom stereocenters. The molecule has 0 spiro atoms. The van der Waals surface area contributed by atoms with E-state index in [4.69, 9.17) is 5.11 Å². The summed E-state index contributed by atoms with van der Waals surface area (Å²) in [5.41, 5.74) is -1.83. The molecule has 0 aliphatic carbocycles. The zero-order valence-corrected chi connectivity index (χ0v) is 14.2. The molecule has 9 heteroatoms. The van der Waals surface area contributed by atoms with Crippen LogP contribution in [0, 0.1) is 5.92 Å². The number of carboxylic acid groups (broad SMARTS) is 1. The number of aromatic carboxylic acids is 1. The molecule has 1 aromatic heterocycles. The summed E-state index contributed by atoms with van der Waals surface area (Å²) in [5.74, 6) is -2.07. The molecule has 1 aromatic carbocycles. The number of nitrogens with zero attached hydrogens (tertiary/aromatic N) is 2. The number of hydrogen-bond acceptors (Lipinski definition) is 3. The number of halogens is 3. The predicted molar refractivity (Wildman–Crippen MR) is 88.2 cm³/mol. The number of rotatable bonds is 6. The molecule has 1 amide bonds. The molecular weight excluding hydrogens is 351 g/mol. The number of alkyl halides is 3. The fraction of sp³-hybridized carbons (Fsp3) is 0.353. The average molecular weight is 369 g/mol. The molecular formula is C17H18F3N3O3. The van der Waals surface area contributed by atoms with Crippen molar-refractivity contribution < 1.29 is 27.9 Å². The number of benzene rings is 1. The van der Waals surface area contributed by atoms with Gasteiger partial charge in [-0.1, -0.05) is 20.3 Å². The van der Waals surface area contributed by atoms with Crippen LogP contribution in [0.1, 0.15) is 42.7 Å². The van der Waals surface area contributed by atoms with E-state index >= 15 is 0 Å². The van der Waals surface area contributed by atoms with E-state index in [1.165, 1.54) is 24.3 Å². The van der Waals surface area contributed by atoms with Crippen LogP contribution in [-0.2, 0) is 11.0 Å². The van der Waals surface area contributed by atoms with E-state index in [1.54, 1.807) is 6.92 Å². The van der Waals surface area contributed by atoms with Crippen LogP contribution in [0.5, 0.6) is 0 Å². The molecule has 0 bridgehead atoms. The fourth-order valence-corrected chi connectivity index (χ4v) is 2.49. The van der Waals surface area contributed by atoms with Crippen molar-refractivity contribution in [2.75, 3.05) is 5.32 Å². The highest BCUT2D eigenvalue weighted by atomic mass is 19.4. The van der Waals surface area contributed by atoms with Crippen LogP contribution in [0.3, 0.4) is 0 Å². The summed E-state index contributed by atoms with van der Waals surface area (Å²) < 4.78 is 40.2. The number of hydrogen-bond donors (Lipinski definition) is 2. The lowest BCUT2D eigenvalue weighted by molar-refractivity contribution is -0.143. The van der Waals surface area contributed by atoms with Gasteiger partial charge in [-0.25, -0.2) is 9.48 Å². The minimum atomic E-state index is -4.88. The minimum Gasteiger partial charge on any atom is -0.478 e. The summed E-state index contributed by atoms with van der Waals surface area (Å²) in [7, 11) is 0. The summed E-state index contributed by atoms with van der Waals surface area (Å²) in [4.78, 5) is 23.0. The normalized spacial score (nSPS) is 12.7. The first kappa shape index (κ1) is 19.5. The number of amides is 1. The van der Waals surface area contributed by atoms with Crippen molar-refractivity contribution in [1.29, 1.82) is 0 Å². The Labute approximate surface area is 147 Å². The first-order chi connectivity index (χ1) is 12.1. The van der Waals surface area contributed by atoms with Crippen LogP contribution in [0.25, 0.3) is 5.69 Å². The standard InChI is InChI=1S/C17H18F3N3O3/c1-3-4-10(2)15(24)22-11-5-7-12(8-6-11)23-14(17(18,19)20)13(9-21-23)16(25)26/h5-10H,3-4H2,1-2H3,(H,22,24)(H,25,26). The Morgan fingerprint density at radius 3 is 2.38 bits per heavy atom. The van der Waals surface area contributed by atoms with Crippen LogP contribution in [0.15, 0.2) is 30.5 Å². The van der Waals surface area contributed by atoms with Gasteiger partial charge < -0.3 is 10.4 Å². The van der Waals surface area contributed by atoms with Gasteiger partial charge in [0.1, 0.15) is 5.56 Å². The van der Waals surface area contributed by atoms with Crippen LogP contribution >= 0.6 is 0 Å². The van der Waals surface area contributed by atoms with Gasteiger partial charge >= 0.3 is 12.1 Å². The summed E-state index contributed by atoms with van der Waals surface area (Å²) in [6.45, 7) is 3.76. The van der Waals surface area contributed by atoms with Gasteiger partial charge in [0.15, 0.2) is 5.69 Å². The maximum Gasteiger partial charge on any atom is 0.434 e. The van der Waals surface area contributed by atoms with Crippen molar-refractivity contribution in [3.8, 4) is 5.69 Å². The molecule has 2 rings (SSSR count). The molecule has 0 saturated heterocycles. The van der Waals surface area contributed by atoms with E-state index in [0.29, 0.717) is 16.6 Å². The maximum absolute atomic E-state index is 13.2.